The Balaban J connectivity index is 1.82. The molecule has 0 bridgehead atoms. The lowest BCUT2D eigenvalue weighted by Gasteiger charge is -2.31. The van der Waals surface area contributed by atoms with E-state index in [0.29, 0.717) is 31.0 Å². The number of hydrogen-bond acceptors (Lipinski definition) is 3. The molecule has 2 aliphatic rings. The van der Waals surface area contributed by atoms with Gasteiger partial charge in [0.1, 0.15) is 0 Å². The third-order valence-electron chi connectivity index (χ3n) is 4.09. The van der Waals surface area contributed by atoms with E-state index in [9.17, 15) is 4.79 Å². The van der Waals surface area contributed by atoms with E-state index in [4.69, 9.17) is 5.73 Å². The van der Waals surface area contributed by atoms with E-state index in [1.54, 1.807) is 0 Å². The Labute approximate surface area is 117 Å². The number of hydrogen-bond donors (Lipinski definition) is 2. The van der Waals surface area contributed by atoms with Crippen LogP contribution in [0.2, 0.25) is 0 Å². The van der Waals surface area contributed by atoms with Crippen LogP contribution in [0.25, 0.3) is 0 Å². The number of nitrogens with one attached hydrogen (secondary N) is 1. The zero-order valence-corrected chi connectivity index (χ0v) is 12.4. The summed E-state index contributed by atoms with van der Waals surface area (Å²) in [5.74, 6) is 0.896. The molecule has 2 aliphatic carbocycles. The van der Waals surface area contributed by atoms with Crippen LogP contribution >= 0.6 is 0 Å². The second kappa shape index (κ2) is 6.71. The number of amides is 1. The summed E-state index contributed by atoms with van der Waals surface area (Å²) in [6, 6.07) is 1.36. The lowest BCUT2D eigenvalue weighted by molar-refractivity contribution is -0.122. The van der Waals surface area contributed by atoms with Crippen molar-refractivity contribution in [3.05, 3.63) is 0 Å². The highest BCUT2D eigenvalue weighted by atomic mass is 16.1. The highest BCUT2D eigenvalue weighted by Gasteiger charge is 2.34. The standard InChI is InChI=1S/C15H29N3O/c1-11(2)7-8-18(13-5-6-13)14(10-16)9-15(19)17-12-3-4-12/h11-14H,3-10,16H2,1-2H3,(H,17,19). The molecule has 1 atom stereocenters. The van der Waals surface area contributed by atoms with Crippen molar-refractivity contribution in [3.8, 4) is 0 Å². The van der Waals surface area contributed by atoms with Crippen LogP contribution in [0.5, 0.6) is 0 Å². The largest absolute Gasteiger partial charge is 0.353 e. The summed E-state index contributed by atoms with van der Waals surface area (Å²) < 4.78 is 0. The van der Waals surface area contributed by atoms with Gasteiger partial charge in [0.2, 0.25) is 5.91 Å². The summed E-state index contributed by atoms with van der Waals surface area (Å²) in [6.07, 6.45) is 6.62. The molecule has 4 nitrogen and oxygen atoms in total. The molecule has 110 valence electrons. The van der Waals surface area contributed by atoms with Crippen molar-refractivity contribution in [1.29, 1.82) is 0 Å². The van der Waals surface area contributed by atoms with Crippen LogP contribution in [0.1, 0.15) is 52.4 Å². The maximum Gasteiger partial charge on any atom is 0.221 e. The third kappa shape index (κ3) is 5.11. The van der Waals surface area contributed by atoms with E-state index in [2.05, 4.69) is 24.1 Å². The van der Waals surface area contributed by atoms with Crippen molar-refractivity contribution in [2.45, 2.75) is 70.5 Å². The molecule has 4 heteroatoms. The van der Waals surface area contributed by atoms with E-state index in [-0.39, 0.29) is 11.9 Å². The summed E-state index contributed by atoms with van der Waals surface area (Å²) in [5.41, 5.74) is 5.92. The molecule has 0 saturated heterocycles. The van der Waals surface area contributed by atoms with Crippen molar-refractivity contribution >= 4 is 5.91 Å². The second-order valence-corrected chi connectivity index (χ2v) is 6.59. The Morgan fingerprint density at radius 3 is 2.47 bits per heavy atom. The van der Waals surface area contributed by atoms with E-state index in [1.807, 2.05) is 0 Å². The predicted octanol–water partition coefficient (Wildman–Crippen LogP) is 1.49. The molecule has 2 fully saturated rings. The number of nitrogens with two attached hydrogens (primary N) is 1. The molecular weight excluding hydrogens is 238 g/mol. The van der Waals surface area contributed by atoms with E-state index >= 15 is 0 Å². The first-order valence-electron chi connectivity index (χ1n) is 7.85. The minimum absolute atomic E-state index is 0.188. The summed E-state index contributed by atoms with van der Waals surface area (Å²) in [7, 11) is 0. The predicted molar refractivity (Wildman–Crippen MR) is 77.8 cm³/mol. The molecular formula is C15H29N3O. The van der Waals surface area contributed by atoms with E-state index in [1.165, 1.54) is 19.3 Å². The summed E-state index contributed by atoms with van der Waals surface area (Å²) >= 11 is 0. The molecule has 0 aromatic heterocycles. The van der Waals surface area contributed by atoms with Gasteiger partial charge in [0, 0.05) is 31.1 Å². The van der Waals surface area contributed by atoms with Gasteiger partial charge in [0.25, 0.3) is 0 Å². The van der Waals surface area contributed by atoms with Crippen LogP contribution in [0.4, 0.5) is 0 Å². The van der Waals surface area contributed by atoms with Crippen LogP contribution in [-0.4, -0.2) is 42.0 Å². The van der Waals surface area contributed by atoms with Gasteiger partial charge in [-0.05, 0) is 44.6 Å². The van der Waals surface area contributed by atoms with Gasteiger partial charge < -0.3 is 11.1 Å². The maximum atomic E-state index is 12.0. The van der Waals surface area contributed by atoms with Gasteiger partial charge in [-0.25, -0.2) is 0 Å². The molecule has 0 radical (unpaired) electrons. The molecule has 2 rings (SSSR count). The number of carbonyl (C=O) groups is 1. The molecule has 19 heavy (non-hydrogen) atoms. The highest BCUT2D eigenvalue weighted by molar-refractivity contribution is 5.77. The normalized spacial score (nSPS) is 20.9. The van der Waals surface area contributed by atoms with Gasteiger partial charge in [-0.1, -0.05) is 13.8 Å². The molecule has 0 aromatic carbocycles. The van der Waals surface area contributed by atoms with Gasteiger partial charge >= 0.3 is 0 Å². The third-order valence-corrected chi connectivity index (χ3v) is 4.09. The van der Waals surface area contributed by atoms with Crippen molar-refractivity contribution in [3.63, 3.8) is 0 Å². The minimum Gasteiger partial charge on any atom is -0.353 e. The Hall–Kier alpha value is -0.610. The first-order chi connectivity index (χ1) is 9.10. The molecule has 2 saturated carbocycles. The molecule has 3 N–H and O–H groups in total. The SMILES string of the molecule is CC(C)CCN(C1CC1)C(CN)CC(=O)NC1CC1. The molecule has 1 amide bonds. The summed E-state index contributed by atoms with van der Waals surface area (Å²) in [4.78, 5) is 14.4. The number of nitrogens with zero attached hydrogens (tertiary/aromatic N) is 1. The monoisotopic (exact) mass is 267 g/mol. The number of rotatable bonds is 9. The fraction of sp³-hybridized carbons (Fsp3) is 0.933. The van der Waals surface area contributed by atoms with Gasteiger partial charge in [0.15, 0.2) is 0 Å². The van der Waals surface area contributed by atoms with Gasteiger partial charge in [-0.2, -0.15) is 0 Å². The van der Waals surface area contributed by atoms with Gasteiger partial charge in [0.05, 0.1) is 0 Å². The van der Waals surface area contributed by atoms with Gasteiger partial charge in [-0.15, -0.1) is 0 Å². The lowest BCUT2D eigenvalue weighted by atomic mass is 10.1. The van der Waals surface area contributed by atoms with Crippen molar-refractivity contribution in [2.24, 2.45) is 11.7 Å². The summed E-state index contributed by atoms with van der Waals surface area (Å²) in [6.45, 7) is 6.18. The van der Waals surface area contributed by atoms with Crippen LogP contribution in [0.3, 0.4) is 0 Å². The topological polar surface area (TPSA) is 58.4 Å². The fourth-order valence-corrected chi connectivity index (χ4v) is 2.54. The average Bonchev–Trinajstić information content (AvgIpc) is 3.20. The smallest absolute Gasteiger partial charge is 0.221 e. The lowest BCUT2D eigenvalue weighted by Crippen LogP contribution is -2.46. The maximum absolute atomic E-state index is 12.0. The Morgan fingerprint density at radius 2 is 2.00 bits per heavy atom. The minimum atomic E-state index is 0.188. The van der Waals surface area contributed by atoms with E-state index < -0.39 is 0 Å². The first kappa shape index (κ1) is 14.8. The average molecular weight is 267 g/mol. The zero-order chi connectivity index (χ0) is 13.8. The second-order valence-electron chi connectivity index (χ2n) is 6.59. The van der Waals surface area contributed by atoms with Crippen LogP contribution < -0.4 is 11.1 Å². The van der Waals surface area contributed by atoms with Crippen molar-refractivity contribution in [1.82, 2.24) is 10.2 Å². The number of carbonyl (C=O) groups excluding carboxylic acids is 1. The molecule has 0 heterocycles. The van der Waals surface area contributed by atoms with Crippen molar-refractivity contribution in [2.75, 3.05) is 13.1 Å². The Bertz CT molecular complexity index is 298. The Morgan fingerprint density at radius 1 is 1.32 bits per heavy atom. The zero-order valence-electron chi connectivity index (χ0n) is 12.4. The fourth-order valence-electron chi connectivity index (χ4n) is 2.54. The quantitative estimate of drug-likeness (QED) is 0.665. The first-order valence-corrected chi connectivity index (χ1v) is 7.85. The highest BCUT2D eigenvalue weighted by Crippen LogP contribution is 2.30. The molecule has 0 spiro atoms. The summed E-state index contributed by atoms with van der Waals surface area (Å²) in [5, 5.41) is 3.08. The van der Waals surface area contributed by atoms with Crippen LogP contribution in [0.15, 0.2) is 0 Å². The molecule has 0 aromatic rings. The van der Waals surface area contributed by atoms with Crippen LogP contribution in [0, 0.1) is 5.92 Å². The molecule has 1 unspecified atom stereocenters. The van der Waals surface area contributed by atoms with E-state index in [0.717, 1.165) is 19.4 Å². The Kier molecular flexibility index (Phi) is 5.22. The van der Waals surface area contributed by atoms with Gasteiger partial charge in [-0.3, -0.25) is 9.69 Å². The van der Waals surface area contributed by atoms with Crippen molar-refractivity contribution < 1.29 is 4.79 Å². The van der Waals surface area contributed by atoms with Crippen LogP contribution in [-0.2, 0) is 4.79 Å². The molecule has 0 aliphatic heterocycles.